The van der Waals surface area contributed by atoms with Crippen LogP contribution in [0.3, 0.4) is 0 Å². The first-order chi connectivity index (χ1) is 8.12. The van der Waals surface area contributed by atoms with E-state index in [1.54, 1.807) is 6.92 Å². The van der Waals surface area contributed by atoms with Crippen LogP contribution in [-0.2, 0) is 0 Å². The summed E-state index contributed by atoms with van der Waals surface area (Å²) in [6, 6.07) is 0. The summed E-state index contributed by atoms with van der Waals surface area (Å²) in [6.07, 6.45) is 10.5. The molecule has 0 aliphatic rings. The Bertz CT molecular complexity index is 160. The summed E-state index contributed by atoms with van der Waals surface area (Å²) in [7, 11) is 0. The van der Waals surface area contributed by atoms with Gasteiger partial charge in [0.05, 0.1) is 12.2 Å². The largest absolute Gasteiger partial charge is 0.393 e. The molecular weight excluding hydrogens is 214 g/mol. The molecule has 104 valence electrons. The first-order valence-corrected chi connectivity index (χ1v) is 7.16. The van der Waals surface area contributed by atoms with Crippen LogP contribution in [-0.4, -0.2) is 35.5 Å². The molecule has 0 rings (SSSR count). The second kappa shape index (κ2) is 11.0. The molecule has 1 unspecified atom stereocenters. The van der Waals surface area contributed by atoms with E-state index < -0.39 is 5.60 Å². The van der Waals surface area contributed by atoms with Crippen molar-refractivity contribution in [2.24, 2.45) is 0 Å². The van der Waals surface area contributed by atoms with E-state index >= 15 is 0 Å². The Morgan fingerprint density at radius 2 is 1.47 bits per heavy atom. The second-order valence-electron chi connectivity index (χ2n) is 5.31. The lowest BCUT2D eigenvalue weighted by Gasteiger charge is -2.20. The van der Waals surface area contributed by atoms with Gasteiger partial charge in [-0.3, -0.25) is 0 Å². The second-order valence-corrected chi connectivity index (χ2v) is 5.31. The van der Waals surface area contributed by atoms with Crippen molar-refractivity contribution < 1.29 is 10.2 Å². The molecule has 0 amide bonds. The van der Waals surface area contributed by atoms with Crippen LogP contribution in [0.1, 0.15) is 65.2 Å². The quantitative estimate of drug-likeness (QED) is 0.463. The fourth-order valence-corrected chi connectivity index (χ4v) is 1.80. The van der Waals surface area contributed by atoms with Gasteiger partial charge in [0.1, 0.15) is 0 Å². The SMILES string of the molecule is CCCCCCCCCCNCC(C)(O)CO. The molecular formula is C14H31NO2. The minimum atomic E-state index is -0.972. The molecule has 0 spiro atoms. The average molecular weight is 245 g/mol. The van der Waals surface area contributed by atoms with Gasteiger partial charge in [-0.05, 0) is 19.9 Å². The van der Waals surface area contributed by atoms with Gasteiger partial charge in [0.25, 0.3) is 0 Å². The summed E-state index contributed by atoms with van der Waals surface area (Å²) in [5.41, 5.74) is -0.972. The molecule has 0 aromatic rings. The number of aliphatic hydroxyl groups excluding tert-OH is 1. The van der Waals surface area contributed by atoms with Gasteiger partial charge >= 0.3 is 0 Å². The Morgan fingerprint density at radius 1 is 0.941 bits per heavy atom. The highest BCUT2D eigenvalue weighted by atomic mass is 16.3. The Kier molecular flexibility index (Phi) is 10.9. The maximum Gasteiger partial charge on any atom is 0.0972 e. The van der Waals surface area contributed by atoms with Crippen LogP contribution < -0.4 is 5.32 Å². The molecule has 0 bridgehead atoms. The molecule has 3 nitrogen and oxygen atoms in total. The zero-order valence-electron chi connectivity index (χ0n) is 11.7. The van der Waals surface area contributed by atoms with Gasteiger partial charge in [0.15, 0.2) is 0 Å². The maximum absolute atomic E-state index is 9.53. The molecule has 0 aromatic carbocycles. The van der Waals surface area contributed by atoms with E-state index in [0.29, 0.717) is 6.54 Å². The summed E-state index contributed by atoms with van der Waals surface area (Å²) < 4.78 is 0. The third-order valence-corrected chi connectivity index (χ3v) is 3.05. The zero-order chi connectivity index (χ0) is 13.0. The van der Waals surface area contributed by atoms with Crippen molar-refractivity contribution in [3.63, 3.8) is 0 Å². The van der Waals surface area contributed by atoms with E-state index in [1.165, 1.54) is 44.9 Å². The number of unbranched alkanes of at least 4 members (excludes halogenated alkanes) is 7. The van der Waals surface area contributed by atoms with E-state index in [2.05, 4.69) is 12.2 Å². The van der Waals surface area contributed by atoms with Gasteiger partial charge in [0, 0.05) is 6.54 Å². The Labute approximate surface area is 107 Å². The van der Waals surface area contributed by atoms with Gasteiger partial charge in [-0.1, -0.05) is 51.9 Å². The maximum atomic E-state index is 9.53. The summed E-state index contributed by atoms with van der Waals surface area (Å²) in [5, 5.41) is 21.6. The molecule has 0 fully saturated rings. The Balaban J connectivity index is 3.09. The average Bonchev–Trinajstić information content (AvgIpc) is 2.31. The van der Waals surface area contributed by atoms with Crippen molar-refractivity contribution in [3.8, 4) is 0 Å². The third-order valence-electron chi connectivity index (χ3n) is 3.05. The normalized spacial score (nSPS) is 14.8. The van der Waals surface area contributed by atoms with Crippen LogP contribution >= 0.6 is 0 Å². The lowest BCUT2D eigenvalue weighted by atomic mass is 10.1. The fraction of sp³-hybridized carbons (Fsp3) is 1.00. The van der Waals surface area contributed by atoms with Gasteiger partial charge in [-0.15, -0.1) is 0 Å². The standard InChI is InChI=1S/C14H31NO2/c1-3-4-5-6-7-8-9-10-11-15-12-14(2,17)13-16/h15-17H,3-13H2,1-2H3. The minimum absolute atomic E-state index is 0.183. The number of hydrogen-bond donors (Lipinski definition) is 3. The van der Waals surface area contributed by atoms with Gasteiger partial charge in [-0.25, -0.2) is 0 Å². The van der Waals surface area contributed by atoms with Gasteiger partial charge in [-0.2, -0.15) is 0 Å². The van der Waals surface area contributed by atoms with Crippen molar-refractivity contribution in [1.29, 1.82) is 0 Å². The van der Waals surface area contributed by atoms with Crippen LogP contribution in [0.15, 0.2) is 0 Å². The van der Waals surface area contributed by atoms with Crippen molar-refractivity contribution in [2.45, 2.75) is 70.8 Å². The predicted molar refractivity (Wildman–Crippen MR) is 73.2 cm³/mol. The molecule has 0 heterocycles. The molecule has 0 saturated carbocycles. The zero-order valence-corrected chi connectivity index (χ0v) is 11.7. The van der Waals surface area contributed by atoms with E-state index in [4.69, 9.17) is 5.11 Å². The molecule has 0 saturated heterocycles. The van der Waals surface area contributed by atoms with Crippen molar-refractivity contribution in [3.05, 3.63) is 0 Å². The lowest BCUT2D eigenvalue weighted by molar-refractivity contribution is 0.00286. The van der Waals surface area contributed by atoms with Crippen molar-refractivity contribution in [2.75, 3.05) is 19.7 Å². The number of aliphatic hydroxyl groups is 2. The summed E-state index contributed by atoms with van der Waals surface area (Å²) >= 11 is 0. The highest BCUT2D eigenvalue weighted by Crippen LogP contribution is 2.08. The molecule has 0 radical (unpaired) electrons. The predicted octanol–water partition coefficient (Wildman–Crippen LogP) is 2.46. The highest BCUT2D eigenvalue weighted by Gasteiger charge is 2.17. The fourth-order valence-electron chi connectivity index (χ4n) is 1.80. The molecule has 17 heavy (non-hydrogen) atoms. The first-order valence-electron chi connectivity index (χ1n) is 7.16. The topological polar surface area (TPSA) is 52.5 Å². The molecule has 1 atom stereocenters. The number of rotatable bonds is 12. The monoisotopic (exact) mass is 245 g/mol. The first kappa shape index (κ1) is 16.9. The van der Waals surface area contributed by atoms with Crippen molar-refractivity contribution in [1.82, 2.24) is 5.32 Å². The van der Waals surface area contributed by atoms with Gasteiger partial charge in [0.2, 0.25) is 0 Å². The minimum Gasteiger partial charge on any atom is -0.393 e. The summed E-state index contributed by atoms with van der Waals surface area (Å²) in [5.74, 6) is 0. The molecule has 3 heteroatoms. The highest BCUT2D eigenvalue weighted by molar-refractivity contribution is 4.73. The van der Waals surface area contributed by atoms with E-state index in [0.717, 1.165) is 13.0 Å². The number of nitrogens with one attached hydrogen (secondary N) is 1. The molecule has 3 N–H and O–H groups in total. The van der Waals surface area contributed by atoms with Crippen LogP contribution in [0.25, 0.3) is 0 Å². The molecule has 0 aromatic heterocycles. The Morgan fingerprint density at radius 3 is 2.00 bits per heavy atom. The van der Waals surface area contributed by atoms with Gasteiger partial charge < -0.3 is 15.5 Å². The number of hydrogen-bond acceptors (Lipinski definition) is 3. The van der Waals surface area contributed by atoms with Crippen LogP contribution in [0.2, 0.25) is 0 Å². The van der Waals surface area contributed by atoms with Crippen molar-refractivity contribution >= 4 is 0 Å². The lowest BCUT2D eigenvalue weighted by Crippen LogP contribution is -2.41. The molecule has 0 aliphatic carbocycles. The smallest absolute Gasteiger partial charge is 0.0972 e. The Hall–Kier alpha value is -0.120. The van der Waals surface area contributed by atoms with Crippen LogP contribution in [0, 0.1) is 0 Å². The van der Waals surface area contributed by atoms with E-state index in [1.807, 2.05) is 0 Å². The van der Waals surface area contributed by atoms with Crippen LogP contribution in [0.4, 0.5) is 0 Å². The summed E-state index contributed by atoms with van der Waals surface area (Å²) in [4.78, 5) is 0. The molecule has 0 aliphatic heterocycles. The third kappa shape index (κ3) is 12.1. The van der Waals surface area contributed by atoms with Crippen LogP contribution in [0.5, 0.6) is 0 Å². The van der Waals surface area contributed by atoms with E-state index in [-0.39, 0.29) is 6.61 Å². The van der Waals surface area contributed by atoms with E-state index in [9.17, 15) is 5.11 Å². The summed E-state index contributed by atoms with van der Waals surface area (Å²) in [6.45, 7) is 5.11.